The Labute approximate surface area is 131 Å². The fourth-order valence-electron chi connectivity index (χ4n) is 1.52. The zero-order valence-electron chi connectivity index (χ0n) is 11.6. The molecule has 4 nitrogen and oxygen atoms in total. The van der Waals surface area contributed by atoms with Gasteiger partial charge in [0.25, 0.3) is 0 Å². The van der Waals surface area contributed by atoms with E-state index >= 15 is 0 Å². The van der Waals surface area contributed by atoms with E-state index in [-0.39, 0.29) is 0 Å². The lowest BCUT2D eigenvalue weighted by molar-refractivity contribution is -0.288. The third-order valence-electron chi connectivity index (χ3n) is 2.71. The Morgan fingerprint density at radius 3 is 1.20 bits per heavy atom. The molecule has 0 aliphatic heterocycles. The van der Waals surface area contributed by atoms with E-state index in [1.165, 1.54) is 0 Å². The quantitative estimate of drug-likeness (QED) is 0.506. The van der Waals surface area contributed by atoms with Crippen LogP contribution in [0, 0.1) is 0 Å². The van der Waals surface area contributed by atoms with Gasteiger partial charge in [0.1, 0.15) is 0 Å². The van der Waals surface area contributed by atoms with Crippen molar-refractivity contribution in [3.05, 3.63) is 11.1 Å². The predicted octanol–water partition coefficient (Wildman–Crippen LogP) is 4.02. The second kappa shape index (κ2) is 7.07. The lowest BCUT2D eigenvalue weighted by Gasteiger charge is -2.26. The second-order valence-corrected chi connectivity index (χ2v) is 4.72. The van der Waals surface area contributed by atoms with Crippen LogP contribution in [0.1, 0.15) is 19.3 Å². The molecule has 0 bridgehead atoms. The Bertz CT molecular complexity index is 528. The van der Waals surface area contributed by atoms with Crippen LogP contribution in [0.3, 0.4) is 0 Å². The van der Waals surface area contributed by atoms with E-state index in [1.54, 1.807) is 0 Å². The smallest absolute Gasteiger partial charge is 0.453 e. The highest BCUT2D eigenvalue weighted by Crippen LogP contribution is 2.46. The van der Waals surface area contributed by atoms with Crippen LogP contribution < -0.4 is 0 Å². The van der Waals surface area contributed by atoms with Gasteiger partial charge in [-0.05, 0) is 5.57 Å². The van der Waals surface area contributed by atoms with E-state index in [9.17, 15) is 53.5 Å². The second-order valence-electron chi connectivity index (χ2n) is 4.72. The number of aliphatic carboxylic acids is 2. The van der Waals surface area contributed by atoms with Gasteiger partial charge in [-0.1, -0.05) is 0 Å². The molecule has 0 aliphatic rings. The molecule has 0 saturated heterocycles. The molecule has 0 heterocycles. The number of carbonyl (C=O) groups is 2. The molecule has 14 heteroatoms. The first-order valence-electron chi connectivity index (χ1n) is 5.87. The van der Waals surface area contributed by atoms with E-state index in [1.807, 2.05) is 0 Å². The van der Waals surface area contributed by atoms with Gasteiger partial charge in [0.15, 0.2) is 0 Å². The molecule has 0 spiro atoms. The first-order valence-corrected chi connectivity index (χ1v) is 5.87. The topological polar surface area (TPSA) is 74.6 Å². The van der Waals surface area contributed by atoms with Crippen molar-refractivity contribution in [2.75, 3.05) is 0 Å². The molecule has 0 aromatic heterocycles. The van der Waals surface area contributed by atoms with Crippen LogP contribution >= 0.6 is 0 Å². The van der Waals surface area contributed by atoms with Gasteiger partial charge in [0.05, 0.1) is 6.42 Å². The first-order chi connectivity index (χ1) is 10.8. The standard InChI is InChI=1S/C11H8F10O4/c12-8(13,10(16,17)18)2-4(3-9(14,15)11(19,20)21)5(7(24)25)1-6(22)23/h1-3H2,(H,22,23)(H,24,25). The zero-order valence-corrected chi connectivity index (χ0v) is 11.6. The maximum atomic E-state index is 13.0. The van der Waals surface area contributed by atoms with Crippen LogP contribution in [0.2, 0.25) is 0 Å². The molecule has 146 valence electrons. The summed E-state index contributed by atoms with van der Waals surface area (Å²) in [5.41, 5.74) is -4.10. The molecule has 0 amide bonds. The lowest BCUT2D eigenvalue weighted by atomic mass is 9.93. The summed E-state index contributed by atoms with van der Waals surface area (Å²) in [5, 5.41) is 17.0. The fourth-order valence-corrected chi connectivity index (χ4v) is 1.52. The van der Waals surface area contributed by atoms with Crippen molar-refractivity contribution in [3.63, 3.8) is 0 Å². The molecule has 0 aromatic rings. The average Bonchev–Trinajstić information content (AvgIpc) is 2.30. The number of hydrogen-bond acceptors (Lipinski definition) is 2. The van der Waals surface area contributed by atoms with Gasteiger partial charge in [-0.2, -0.15) is 43.9 Å². The van der Waals surface area contributed by atoms with Gasteiger partial charge in [0, 0.05) is 18.4 Å². The zero-order chi connectivity index (χ0) is 20.4. The Hall–Kier alpha value is -2.02. The summed E-state index contributed by atoms with van der Waals surface area (Å²) in [5.74, 6) is -16.4. The molecule has 0 radical (unpaired) electrons. The molecule has 0 fully saturated rings. The molecule has 0 unspecified atom stereocenters. The van der Waals surface area contributed by atoms with E-state index in [0.717, 1.165) is 0 Å². The summed E-state index contributed by atoms with van der Waals surface area (Å²) in [4.78, 5) is 21.2. The SMILES string of the molecule is O=C(O)CC(C(=O)O)=C(CC(F)(F)C(F)(F)F)CC(F)(F)C(F)(F)F. The maximum absolute atomic E-state index is 13.0. The van der Waals surface area contributed by atoms with Crippen molar-refractivity contribution < 1.29 is 63.7 Å². The number of allylic oxidation sites excluding steroid dienone is 1. The molecule has 0 saturated carbocycles. The van der Waals surface area contributed by atoms with Crippen molar-refractivity contribution in [2.45, 2.75) is 43.5 Å². The summed E-state index contributed by atoms with van der Waals surface area (Å²) in [6.45, 7) is 0. The number of alkyl halides is 10. The molecular weight excluding hydrogens is 386 g/mol. The third kappa shape index (κ3) is 6.08. The van der Waals surface area contributed by atoms with Crippen molar-refractivity contribution in [1.29, 1.82) is 0 Å². The van der Waals surface area contributed by atoms with Crippen LogP contribution in [0.5, 0.6) is 0 Å². The van der Waals surface area contributed by atoms with Crippen LogP contribution in [-0.4, -0.2) is 46.3 Å². The Kier molecular flexibility index (Phi) is 6.50. The van der Waals surface area contributed by atoms with Gasteiger partial charge in [-0.3, -0.25) is 4.79 Å². The van der Waals surface area contributed by atoms with Crippen LogP contribution in [0.15, 0.2) is 11.1 Å². The largest absolute Gasteiger partial charge is 0.481 e. The van der Waals surface area contributed by atoms with E-state index in [0.29, 0.717) is 0 Å². The van der Waals surface area contributed by atoms with Gasteiger partial charge in [-0.15, -0.1) is 0 Å². The van der Waals surface area contributed by atoms with E-state index < -0.39 is 66.5 Å². The van der Waals surface area contributed by atoms with Crippen molar-refractivity contribution >= 4 is 11.9 Å². The highest BCUT2D eigenvalue weighted by atomic mass is 19.4. The third-order valence-corrected chi connectivity index (χ3v) is 2.71. The molecule has 0 aliphatic carbocycles. The Balaban J connectivity index is 6.23. The average molecular weight is 394 g/mol. The normalized spacial score (nSPS) is 13.5. The van der Waals surface area contributed by atoms with Gasteiger partial charge in [0.2, 0.25) is 0 Å². The summed E-state index contributed by atoms with van der Waals surface area (Å²) >= 11 is 0. The van der Waals surface area contributed by atoms with E-state index in [4.69, 9.17) is 10.2 Å². The molecule has 0 aromatic carbocycles. The molecule has 0 atom stereocenters. The predicted molar refractivity (Wildman–Crippen MR) is 58.2 cm³/mol. The minimum atomic E-state index is -6.39. The molecular formula is C11H8F10O4. The monoisotopic (exact) mass is 394 g/mol. The minimum Gasteiger partial charge on any atom is -0.481 e. The lowest BCUT2D eigenvalue weighted by Crippen LogP contribution is -2.40. The number of hydrogen-bond donors (Lipinski definition) is 2. The summed E-state index contributed by atoms with van der Waals surface area (Å²) in [6.07, 6.45) is -20.3. The van der Waals surface area contributed by atoms with Gasteiger partial charge in [-0.25, -0.2) is 4.79 Å². The molecule has 25 heavy (non-hydrogen) atoms. The van der Waals surface area contributed by atoms with Crippen molar-refractivity contribution in [3.8, 4) is 0 Å². The highest BCUT2D eigenvalue weighted by molar-refractivity contribution is 5.93. The summed E-state index contributed by atoms with van der Waals surface area (Å²) < 4.78 is 125. The van der Waals surface area contributed by atoms with Gasteiger partial charge < -0.3 is 10.2 Å². The molecule has 0 rings (SSSR count). The minimum absolute atomic E-state index is 1.84. The van der Waals surface area contributed by atoms with Gasteiger partial charge >= 0.3 is 36.1 Å². The molecule has 2 N–H and O–H groups in total. The fraction of sp³-hybridized carbons (Fsp3) is 0.636. The number of rotatable bonds is 7. The summed E-state index contributed by atoms with van der Waals surface area (Å²) in [7, 11) is 0. The Morgan fingerprint density at radius 1 is 0.680 bits per heavy atom. The maximum Gasteiger partial charge on any atom is 0.453 e. The van der Waals surface area contributed by atoms with Crippen LogP contribution in [0.25, 0.3) is 0 Å². The summed E-state index contributed by atoms with van der Waals surface area (Å²) in [6, 6.07) is 0. The number of halogens is 10. The first kappa shape index (κ1) is 23.0. The number of carboxylic acids is 2. The van der Waals surface area contributed by atoms with Crippen LogP contribution in [-0.2, 0) is 9.59 Å². The van der Waals surface area contributed by atoms with E-state index in [2.05, 4.69) is 0 Å². The highest BCUT2D eigenvalue weighted by Gasteiger charge is 2.61. The van der Waals surface area contributed by atoms with Crippen molar-refractivity contribution in [2.24, 2.45) is 0 Å². The Morgan fingerprint density at radius 2 is 1.00 bits per heavy atom. The van der Waals surface area contributed by atoms with Crippen molar-refractivity contribution in [1.82, 2.24) is 0 Å². The number of carboxylic acid groups (broad SMARTS) is 2. The van der Waals surface area contributed by atoms with Crippen LogP contribution in [0.4, 0.5) is 43.9 Å².